The number of aromatic nitrogens is 2. The molecule has 3 N–H and O–H groups in total. The van der Waals surface area contributed by atoms with Gasteiger partial charge in [-0.25, -0.2) is 4.98 Å². The first-order valence-electron chi connectivity index (χ1n) is 12.1. The predicted octanol–water partition coefficient (Wildman–Crippen LogP) is 5.94. The summed E-state index contributed by atoms with van der Waals surface area (Å²) in [6, 6.07) is 18.7. The molecule has 1 fully saturated rings. The fourth-order valence-corrected chi connectivity index (χ4v) is 5.20. The standard InChI is InChI=1S/C27H31ClN6S/c1-33-13-15-34(16-14-33)23-10-12-29-27(18-23)32-22-5-7-24(8-6-22)35-31-11-2-3-20-19-30-26-9-4-21(28)17-25(20)26/h4-10,12,17-19,30-31H,2-3,11,13-16H2,1H3,(H,29,32). The number of hydrogen-bond acceptors (Lipinski definition) is 6. The van der Waals surface area contributed by atoms with Gasteiger partial charge in [0.15, 0.2) is 0 Å². The molecule has 3 heterocycles. The highest BCUT2D eigenvalue weighted by Gasteiger charge is 2.14. The molecule has 35 heavy (non-hydrogen) atoms. The van der Waals surface area contributed by atoms with E-state index in [0.29, 0.717) is 0 Å². The Morgan fingerprint density at radius 2 is 1.86 bits per heavy atom. The van der Waals surface area contributed by atoms with Crippen LogP contribution in [0.25, 0.3) is 10.9 Å². The molecule has 0 aliphatic carbocycles. The van der Waals surface area contributed by atoms with Crippen LogP contribution >= 0.6 is 23.5 Å². The van der Waals surface area contributed by atoms with Crippen LogP contribution < -0.4 is 14.9 Å². The monoisotopic (exact) mass is 506 g/mol. The van der Waals surface area contributed by atoms with Crippen molar-refractivity contribution in [2.24, 2.45) is 0 Å². The molecule has 6 nitrogen and oxygen atoms in total. The average Bonchev–Trinajstić information content (AvgIpc) is 3.27. The maximum atomic E-state index is 6.16. The second-order valence-corrected chi connectivity index (χ2v) is 10.3. The Kier molecular flexibility index (Phi) is 7.79. The summed E-state index contributed by atoms with van der Waals surface area (Å²) in [5.74, 6) is 0.874. The normalized spacial score (nSPS) is 14.5. The van der Waals surface area contributed by atoms with Crippen molar-refractivity contribution in [2.45, 2.75) is 17.7 Å². The fourth-order valence-electron chi connectivity index (χ4n) is 4.35. The molecule has 0 radical (unpaired) electrons. The maximum absolute atomic E-state index is 6.16. The van der Waals surface area contributed by atoms with E-state index in [4.69, 9.17) is 11.6 Å². The highest BCUT2D eigenvalue weighted by molar-refractivity contribution is 7.97. The number of anilines is 3. The molecule has 2 aromatic carbocycles. The van der Waals surface area contributed by atoms with Crippen LogP contribution in [-0.2, 0) is 6.42 Å². The first kappa shape index (κ1) is 24.0. The van der Waals surface area contributed by atoms with Gasteiger partial charge in [0.1, 0.15) is 5.82 Å². The lowest BCUT2D eigenvalue weighted by atomic mass is 10.1. The summed E-state index contributed by atoms with van der Waals surface area (Å²) in [5.41, 5.74) is 4.72. The van der Waals surface area contributed by atoms with E-state index in [1.54, 1.807) is 11.9 Å². The van der Waals surface area contributed by atoms with Gasteiger partial charge in [0.2, 0.25) is 0 Å². The fraction of sp³-hybridized carbons (Fsp3) is 0.296. The number of aryl methyl sites for hydroxylation is 1. The average molecular weight is 507 g/mol. The Morgan fingerprint density at radius 1 is 1.03 bits per heavy atom. The molecule has 182 valence electrons. The van der Waals surface area contributed by atoms with Gasteiger partial charge in [0.25, 0.3) is 0 Å². The highest BCUT2D eigenvalue weighted by atomic mass is 35.5. The predicted molar refractivity (Wildman–Crippen MR) is 149 cm³/mol. The zero-order chi connectivity index (χ0) is 24.0. The van der Waals surface area contributed by atoms with Crippen LogP contribution in [0.1, 0.15) is 12.0 Å². The Hall–Kier alpha value is -2.71. The summed E-state index contributed by atoms with van der Waals surface area (Å²) >= 11 is 7.83. The summed E-state index contributed by atoms with van der Waals surface area (Å²) in [6.45, 7) is 5.22. The Balaban J connectivity index is 1.08. The van der Waals surface area contributed by atoms with Gasteiger partial charge in [-0.3, -0.25) is 4.72 Å². The zero-order valence-electron chi connectivity index (χ0n) is 19.9. The zero-order valence-corrected chi connectivity index (χ0v) is 21.5. The number of hydrogen-bond donors (Lipinski definition) is 3. The number of halogens is 1. The van der Waals surface area contributed by atoms with Crippen molar-refractivity contribution in [3.8, 4) is 0 Å². The number of aromatic amines is 1. The Labute approximate surface area is 216 Å². The first-order valence-corrected chi connectivity index (χ1v) is 13.3. The van der Waals surface area contributed by atoms with Crippen molar-refractivity contribution in [2.75, 3.05) is 50.0 Å². The molecular formula is C27H31ClN6S. The van der Waals surface area contributed by atoms with Crippen LogP contribution in [0.5, 0.6) is 0 Å². The van der Waals surface area contributed by atoms with Crippen molar-refractivity contribution in [3.63, 3.8) is 0 Å². The van der Waals surface area contributed by atoms with Crippen molar-refractivity contribution in [1.82, 2.24) is 19.6 Å². The molecule has 1 saturated heterocycles. The van der Waals surface area contributed by atoms with Crippen LogP contribution in [-0.4, -0.2) is 54.6 Å². The maximum Gasteiger partial charge on any atom is 0.132 e. The van der Waals surface area contributed by atoms with Gasteiger partial charge >= 0.3 is 0 Å². The SMILES string of the molecule is CN1CCN(c2ccnc(Nc3ccc(SNCCCc4c[nH]c5ccc(Cl)cc45)cc3)c2)CC1. The minimum absolute atomic E-state index is 0.781. The third-order valence-corrected chi connectivity index (χ3v) is 7.47. The van der Waals surface area contributed by atoms with Crippen LogP contribution in [0.15, 0.2) is 71.9 Å². The number of fused-ring (bicyclic) bond motifs is 1. The van der Waals surface area contributed by atoms with Crippen molar-refractivity contribution in [1.29, 1.82) is 0 Å². The third kappa shape index (κ3) is 6.30. The van der Waals surface area contributed by atoms with Gasteiger partial charge in [-0.15, -0.1) is 0 Å². The van der Waals surface area contributed by atoms with Gasteiger partial charge in [-0.2, -0.15) is 0 Å². The summed E-state index contributed by atoms with van der Waals surface area (Å²) in [7, 11) is 2.18. The van der Waals surface area contributed by atoms with E-state index in [-0.39, 0.29) is 0 Å². The van der Waals surface area contributed by atoms with Crippen LogP contribution in [0.3, 0.4) is 0 Å². The molecule has 0 unspecified atom stereocenters. The van der Waals surface area contributed by atoms with Gasteiger partial charge in [-0.05, 0) is 85.9 Å². The number of benzene rings is 2. The van der Waals surface area contributed by atoms with E-state index in [0.717, 1.165) is 67.6 Å². The summed E-state index contributed by atoms with van der Waals surface area (Å²) in [4.78, 5) is 13.8. The van der Waals surface area contributed by atoms with Gasteiger partial charge in [-0.1, -0.05) is 11.6 Å². The van der Waals surface area contributed by atoms with Crippen molar-refractivity contribution < 1.29 is 0 Å². The van der Waals surface area contributed by atoms with Crippen molar-refractivity contribution in [3.05, 3.63) is 77.6 Å². The topological polar surface area (TPSA) is 59.2 Å². The Bertz CT molecular complexity index is 1250. The summed E-state index contributed by atoms with van der Waals surface area (Å²) in [6.07, 6.45) is 6.04. The lowest BCUT2D eigenvalue weighted by molar-refractivity contribution is 0.313. The lowest BCUT2D eigenvalue weighted by Gasteiger charge is -2.34. The second-order valence-electron chi connectivity index (χ2n) is 8.94. The summed E-state index contributed by atoms with van der Waals surface area (Å²) in [5, 5.41) is 5.44. The molecule has 0 amide bonds. The van der Waals surface area contributed by atoms with E-state index < -0.39 is 0 Å². The smallest absolute Gasteiger partial charge is 0.132 e. The quantitative estimate of drug-likeness (QED) is 0.193. The van der Waals surface area contributed by atoms with Crippen molar-refractivity contribution >= 4 is 51.6 Å². The third-order valence-electron chi connectivity index (χ3n) is 6.38. The van der Waals surface area contributed by atoms with E-state index >= 15 is 0 Å². The molecule has 1 aliphatic rings. The number of H-pyrrole nitrogens is 1. The first-order chi connectivity index (χ1) is 17.1. The number of pyridine rings is 1. The molecule has 0 spiro atoms. The van der Waals surface area contributed by atoms with E-state index in [9.17, 15) is 0 Å². The number of nitrogens with zero attached hydrogens (tertiary/aromatic N) is 3. The van der Waals surface area contributed by atoms with Crippen LogP contribution in [0, 0.1) is 0 Å². The number of piperazine rings is 1. The second kappa shape index (κ2) is 11.4. The number of nitrogens with one attached hydrogen (secondary N) is 3. The highest BCUT2D eigenvalue weighted by Crippen LogP contribution is 2.25. The van der Waals surface area contributed by atoms with Crippen LogP contribution in [0.4, 0.5) is 17.2 Å². The molecular weight excluding hydrogens is 476 g/mol. The summed E-state index contributed by atoms with van der Waals surface area (Å²) < 4.78 is 3.48. The molecule has 0 saturated carbocycles. The van der Waals surface area contributed by atoms with Gasteiger partial charge in [0, 0.05) is 83.4 Å². The van der Waals surface area contributed by atoms with Crippen LogP contribution in [0.2, 0.25) is 5.02 Å². The molecule has 4 aromatic rings. The largest absolute Gasteiger partial charge is 0.369 e. The number of likely N-dealkylation sites (N-methyl/N-ethyl adjacent to an activating group) is 1. The van der Waals surface area contributed by atoms with Gasteiger partial charge in [0.05, 0.1) is 0 Å². The molecule has 0 bridgehead atoms. The molecule has 5 rings (SSSR count). The van der Waals surface area contributed by atoms with E-state index in [2.05, 4.69) is 79.4 Å². The minimum Gasteiger partial charge on any atom is -0.369 e. The van der Waals surface area contributed by atoms with Gasteiger partial charge < -0.3 is 20.1 Å². The van der Waals surface area contributed by atoms with E-state index in [1.165, 1.54) is 21.5 Å². The number of rotatable bonds is 9. The molecule has 0 atom stereocenters. The van der Waals surface area contributed by atoms with E-state index in [1.807, 2.05) is 24.4 Å². The minimum atomic E-state index is 0.781. The molecule has 2 aromatic heterocycles. The lowest BCUT2D eigenvalue weighted by Crippen LogP contribution is -2.44. The molecule has 8 heteroatoms. The Morgan fingerprint density at radius 3 is 2.69 bits per heavy atom. The molecule has 1 aliphatic heterocycles.